The lowest BCUT2D eigenvalue weighted by molar-refractivity contribution is -0.0764. The largest absolute Gasteiger partial charge is 0.489 e. The molecule has 3 aromatic rings. The molecule has 0 amide bonds. The molecule has 1 fully saturated rings. The van der Waals surface area contributed by atoms with Crippen molar-refractivity contribution in [1.82, 2.24) is 0 Å². The predicted octanol–water partition coefficient (Wildman–Crippen LogP) is 5.99. The Balaban J connectivity index is 1.53. The van der Waals surface area contributed by atoms with Crippen LogP contribution in [0.3, 0.4) is 0 Å². The number of fused-ring (bicyclic) bond motifs is 1. The monoisotopic (exact) mass is 394 g/mol. The predicted molar refractivity (Wildman–Crippen MR) is 113 cm³/mol. The minimum absolute atomic E-state index is 0.246. The Morgan fingerprint density at radius 3 is 2.41 bits per heavy atom. The van der Waals surface area contributed by atoms with Crippen LogP contribution in [0, 0.1) is 5.82 Å². The Kier molecular flexibility index (Phi) is 5.84. The standard InChI is InChI=1S/C25H27FO3/c1-27-23-9-11-25(28-2,12-10-23)21-14-22(26)16-24(15-21)29-17-18-7-8-19-5-3-4-6-20(19)13-18/h3-8,13-16,23H,9-12,17H2,1-2H3. The van der Waals surface area contributed by atoms with E-state index in [1.165, 1.54) is 16.8 Å². The number of halogens is 1. The van der Waals surface area contributed by atoms with Gasteiger partial charge in [-0.3, -0.25) is 0 Å². The van der Waals surface area contributed by atoms with Gasteiger partial charge in [0.15, 0.2) is 0 Å². The second-order valence-electron chi connectivity index (χ2n) is 7.78. The van der Waals surface area contributed by atoms with E-state index in [-0.39, 0.29) is 11.9 Å². The van der Waals surface area contributed by atoms with Gasteiger partial charge in [0.05, 0.1) is 11.7 Å². The number of hydrogen-bond acceptors (Lipinski definition) is 3. The van der Waals surface area contributed by atoms with Gasteiger partial charge < -0.3 is 14.2 Å². The summed E-state index contributed by atoms with van der Waals surface area (Å²) in [5.74, 6) is 0.222. The second-order valence-corrected chi connectivity index (χ2v) is 7.78. The van der Waals surface area contributed by atoms with E-state index in [0.717, 1.165) is 36.8 Å². The first kappa shape index (κ1) is 19.9. The molecule has 0 aliphatic heterocycles. The van der Waals surface area contributed by atoms with Crippen LogP contribution in [0.1, 0.15) is 36.8 Å². The zero-order valence-electron chi connectivity index (χ0n) is 17.0. The zero-order valence-corrected chi connectivity index (χ0v) is 17.0. The molecule has 0 spiro atoms. The lowest BCUT2D eigenvalue weighted by Crippen LogP contribution is -2.36. The van der Waals surface area contributed by atoms with E-state index in [9.17, 15) is 4.39 Å². The fraction of sp³-hybridized carbons (Fsp3) is 0.360. The third-order valence-corrected chi connectivity index (χ3v) is 6.08. The Morgan fingerprint density at radius 1 is 0.931 bits per heavy atom. The summed E-state index contributed by atoms with van der Waals surface area (Å²) in [5.41, 5.74) is 1.40. The van der Waals surface area contributed by atoms with Crippen molar-refractivity contribution in [2.45, 2.75) is 44.0 Å². The average Bonchev–Trinajstić information content (AvgIpc) is 2.77. The number of ether oxygens (including phenoxy) is 3. The van der Waals surface area contributed by atoms with Gasteiger partial charge >= 0.3 is 0 Å². The van der Waals surface area contributed by atoms with Crippen LogP contribution < -0.4 is 4.74 Å². The van der Waals surface area contributed by atoms with Crippen molar-refractivity contribution in [3.8, 4) is 5.75 Å². The van der Waals surface area contributed by atoms with Gasteiger partial charge in [0.1, 0.15) is 18.2 Å². The van der Waals surface area contributed by atoms with Crippen molar-refractivity contribution < 1.29 is 18.6 Å². The highest BCUT2D eigenvalue weighted by atomic mass is 19.1. The highest BCUT2D eigenvalue weighted by molar-refractivity contribution is 5.82. The van der Waals surface area contributed by atoms with Gasteiger partial charge in [-0.25, -0.2) is 4.39 Å². The zero-order chi connectivity index (χ0) is 20.3. The summed E-state index contributed by atoms with van der Waals surface area (Å²) < 4.78 is 31.7. The molecule has 1 aliphatic rings. The van der Waals surface area contributed by atoms with Crippen LogP contribution in [0.15, 0.2) is 60.7 Å². The van der Waals surface area contributed by atoms with Crippen molar-refractivity contribution in [3.63, 3.8) is 0 Å². The van der Waals surface area contributed by atoms with Gasteiger partial charge in [-0.15, -0.1) is 0 Å². The van der Waals surface area contributed by atoms with Crippen molar-refractivity contribution in [1.29, 1.82) is 0 Å². The van der Waals surface area contributed by atoms with E-state index < -0.39 is 5.60 Å². The van der Waals surface area contributed by atoms with Crippen LogP contribution in [0.2, 0.25) is 0 Å². The molecule has 0 heterocycles. The van der Waals surface area contributed by atoms with E-state index in [4.69, 9.17) is 14.2 Å². The summed E-state index contributed by atoms with van der Waals surface area (Å²) in [5, 5.41) is 2.36. The molecule has 1 aliphatic carbocycles. The highest BCUT2D eigenvalue weighted by Crippen LogP contribution is 2.42. The molecule has 0 atom stereocenters. The summed E-state index contributed by atoms with van der Waals surface area (Å²) in [6.45, 7) is 0.388. The molecular formula is C25H27FO3. The number of hydrogen-bond donors (Lipinski definition) is 0. The van der Waals surface area contributed by atoms with Gasteiger partial charge in [-0.1, -0.05) is 36.4 Å². The molecule has 0 aromatic heterocycles. The summed E-state index contributed by atoms with van der Waals surface area (Å²) in [7, 11) is 3.44. The van der Waals surface area contributed by atoms with Crippen LogP contribution in [-0.2, 0) is 21.7 Å². The Bertz CT molecular complexity index is 977. The molecule has 0 unspecified atom stereocenters. The summed E-state index contributed by atoms with van der Waals surface area (Å²) >= 11 is 0. The maximum Gasteiger partial charge on any atom is 0.127 e. The summed E-state index contributed by atoms with van der Waals surface area (Å²) in [4.78, 5) is 0. The van der Waals surface area contributed by atoms with Crippen LogP contribution in [0.5, 0.6) is 5.75 Å². The smallest absolute Gasteiger partial charge is 0.127 e. The molecule has 4 rings (SSSR count). The lowest BCUT2D eigenvalue weighted by atomic mass is 9.78. The SMILES string of the molecule is COC1CCC(OC)(c2cc(F)cc(OCc3ccc4ccccc4c3)c2)CC1. The average molecular weight is 394 g/mol. The van der Waals surface area contributed by atoms with Crippen molar-refractivity contribution in [2.24, 2.45) is 0 Å². The molecule has 4 heteroatoms. The molecule has 3 nitrogen and oxygen atoms in total. The van der Waals surface area contributed by atoms with Crippen molar-refractivity contribution >= 4 is 10.8 Å². The van der Waals surface area contributed by atoms with E-state index in [1.807, 2.05) is 24.3 Å². The molecular weight excluding hydrogens is 367 g/mol. The van der Waals surface area contributed by atoms with Crippen LogP contribution in [0.25, 0.3) is 10.8 Å². The van der Waals surface area contributed by atoms with Gasteiger partial charge in [0.2, 0.25) is 0 Å². The third kappa shape index (κ3) is 4.29. The van der Waals surface area contributed by atoms with Crippen molar-refractivity contribution in [2.75, 3.05) is 14.2 Å². The molecule has 0 bridgehead atoms. The third-order valence-electron chi connectivity index (χ3n) is 6.08. The maximum absolute atomic E-state index is 14.4. The van der Waals surface area contributed by atoms with Gasteiger partial charge in [-0.05, 0) is 65.8 Å². The van der Waals surface area contributed by atoms with Gasteiger partial charge in [0, 0.05) is 20.3 Å². The topological polar surface area (TPSA) is 27.7 Å². The van der Waals surface area contributed by atoms with E-state index in [0.29, 0.717) is 12.4 Å². The molecule has 0 radical (unpaired) electrons. The van der Waals surface area contributed by atoms with Gasteiger partial charge in [0.25, 0.3) is 0 Å². The second kappa shape index (κ2) is 8.52. The fourth-order valence-corrected chi connectivity index (χ4v) is 4.31. The Morgan fingerprint density at radius 2 is 1.69 bits per heavy atom. The van der Waals surface area contributed by atoms with Gasteiger partial charge in [-0.2, -0.15) is 0 Å². The minimum atomic E-state index is -0.488. The number of benzene rings is 3. The quantitative estimate of drug-likeness (QED) is 0.514. The number of rotatable bonds is 6. The molecule has 29 heavy (non-hydrogen) atoms. The normalized spacial score (nSPS) is 22.0. The Labute approximate surface area is 171 Å². The Hall–Kier alpha value is -2.43. The fourth-order valence-electron chi connectivity index (χ4n) is 4.31. The van der Waals surface area contributed by atoms with Crippen molar-refractivity contribution in [3.05, 3.63) is 77.6 Å². The molecule has 1 saturated carbocycles. The number of methoxy groups -OCH3 is 2. The maximum atomic E-state index is 14.4. The van der Waals surface area contributed by atoms with E-state index in [1.54, 1.807) is 20.3 Å². The van der Waals surface area contributed by atoms with Crippen LogP contribution >= 0.6 is 0 Å². The molecule has 3 aromatic carbocycles. The molecule has 0 saturated heterocycles. The minimum Gasteiger partial charge on any atom is -0.489 e. The lowest BCUT2D eigenvalue weighted by Gasteiger charge is -2.39. The first-order valence-corrected chi connectivity index (χ1v) is 10.1. The molecule has 0 N–H and O–H groups in total. The van der Waals surface area contributed by atoms with E-state index in [2.05, 4.69) is 24.3 Å². The van der Waals surface area contributed by atoms with Crippen LogP contribution in [0.4, 0.5) is 4.39 Å². The summed E-state index contributed by atoms with van der Waals surface area (Å²) in [6.07, 6.45) is 3.64. The first-order valence-electron chi connectivity index (χ1n) is 10.1. The molecule has 152 valence electrons. The first-order chi connectivity index (χ1) is 14.1. The van der Waals surface area contributed by atoms with E-state index >= 15 is 0 Å². The van der Waals surface area contributed by atoms with Crippen LogP contribution in [-0.4, -0.2) is 20.3 Å². The summed E-state index contributed by atoms with van der Waals surface area (Å²) in [6, 6.07) is 19.4. The highest BCUT2D eigenvalue weighted by Gasteiger charge is 2.37.